The van der Waals surface area contributed by atoms with E-state index in [9.17, 15) is 0 Å². The zero-order chi connectivity index (χ0) is 40.1. The van der Waals surface area contributed by atoms with Crippen molar-refractivity contribution in [1.29, 1.82) is 0 Å². The monoisotopic (exact) mass is 960 g/mol. The molecule has 5 nitrogen and oxygen atoms in total. The Morgan fingerprint density at radius 2 is 1.25 bits per heavy atom. The minimum absolute atomic E-state index is 0. The zero-order valence-corrected chi connectivity index (χ0v) is 38.1. The molecule has 0 saturated heterocycles. The fraction of sp³-hybridized carbons (Fsp3) is 0.396. The molecule has 0 N–H and O–H groups in total. The Hall–Kier alpha value is -4.51. The van der Waals surface area contributed by atoms with Crippen molar-refractivity contribution in [3.63, 3.8) is 0 Å². The predicted molar refractivity (Wildman–Crippen MR) is 241 cm³/mol. The van der Waals surface area contributed by atoms with Crippen LogP contribution < -0.4 is 0 Å². The van der Waals surface area contributed by atoms with Gasteiger partial charge in [-0.25, -0.2) is 15.0 Å². The molecule has 0 aliphatic heterocycles. The number of hydrogen-bond donors (Lipinski definition) is 0. The van der Waals surface area contributed by atoms with Crippen molar-refractivity contribution >= 4 is 21.9 Å². The molecule has 0 saturated carbocycles. The molecule has 3 heterocycles. The van der Waals surface area contributed by atoms with Gasteiger partial charge in [0.15, 0.2) is 11.6 Å². The van der Waals surface area contributed by atoms with Crippen molar-refractivity contribution < 1.29 is 24.5 Å². The van der Waals surface area contributed by atoms with E-state index < -0.39 is 0 Å². The van der Waals surface area contributed by atoms with E-state index in [0.717, 1.165) is 50.1 Å². The number of nitrogens with zero attached hydrogens (tertiary/aromatic N) is 4. The average Bonchev–Trinajstić information content (AvgIpc) is 3.76. The van der Waals surface area contributed by atoms with Crippen LogP contribution in [0.4, 0.5) is 0 Å². The maximum atomic E-state index is 6.41. The van der Waals surface area contributed by atoms with Gasteiger partial charge < -0.3 is 9.40 Å². The van der Waals surface area contributed by atoms with E-state index in [1.54, 1.807) is 0 Å². The number of furan rings is 1. The Morgan fingerprint density at radius 3 is 1.97 bits per heavy atom. The fourth-order valence-electron chi connectivity index (χ4n) is 9.19. The maximum absolute atomic E-state index is 6.41. The van der Waals surface area contributed by atoms with E-state index in [2.05, 4.69) is 107 Å². The second-order valence-electron chi connectivity index (χ2n) is 17.6. The Bertz CT molecular complexity index is 2480. The Morgan fingerprint density at radius 1 is 0.610 bits per heavy atom. The summed E-state index contributed by atoms with van der Waals surface area (Å²) in [5.74, 6) is 1.93. The molecule has 7 aromatic rings. The summed E-state index contributed by atoms with van der Waals surface area (Å²) >= 11 is 0. The molecule has 0 amide bonds. The van der Waals surface area contributed by atoms with Crippen molar-refractivity contribution in [2.45, 2.75) is 135 Å². The van der Waals surface area contributed by atoms with E-state index in [-0.39, 0.29) is 30.9 Å². The normalized spacial score (nSPS) is 13.1. The van der Waals surface area contributed by atoms with Crippen LogP contribution in [0.25, 0.3) is 67.1 Å². The van der Waals surface area contributed by atoms with Gasteiger partial charge in [-0.1, -0.05) is 190 Å². The van der Waals surface area contributed by atoms with Crippen LogP contribution >= 0.6 is 0 Å². The summed E-state index contributed by atoms with van der Waals surface area (Å²) in [7, 11) is 0. The van der Waals surface area contributed by atoms with Crippen LogP contribution in [0.5, 0.6) is 0 Å². The summed E-state index contributed by atoms with van der Waals surface area (Å²) in [5.41, 5.74) is 10.7. The summed E-state index contributed by atoms with van der Waals surface area (Å²) < 4.78 is 6.41. The van der Waals surface area contributed by atoms with Gasteiger partial charge in [0.1, 0.15) is 17.0 Å². The van der Waals surface area contributed by atoms with E-state index >= 15 is 0 Å². The molecule has 59 heavy (non-hydrogen) atoms. The SMILES string of the molecule is CCCCCCCCC1(CCCCCCCC)c2ccccc2-c2c[c-]c(-c3ccc(-c4nc(-c5cccc6c5oc5ccccc56)nc(C(C)(C)C)n4)cn3)cc21.[Ir]. The summed E-state index contributed by atoms with van der Waals surface area (Å²) in [6.07, 6.45) is 20.0. The minimum Gasteiger partial charge on any atom is -0.455 e. The second-order valence-corrected chi connectivity index (χ2v) is 17.6. The van der Waals surface area contributed by atoms with E-state index in [1.807, 2.05) is 30.5 Å². The van der Waals surface area contributed by atoms with Crippen molar-refractivity contribution in [3.8, 4) is 45.2 Å². The number of unbranched alkanes of at least 4 members (excludes halogenated alkanes) is 10. The van der Waals surface area contributed by atoms with Gasteiger partial charge in [0.05, 0.1) is 5.56 Å². The summed E-state index contributed by atoms with van der Waals surface area (Å²) in [4.78, 5) is 20.2. The van der Waals surface area contributed by atoms with Crippen LogP contribution in [0.2, 0.25) is 0 Å². The molecule has 0 bridgehead atoms. The van der Waals surface area contributed by atoms with Crippen LogP contribution in [0.3, 0.4) is 0 Å². The molecule has 4 aromatic carbocycles. The standard InChI is InChI=1S/C53H59N4O.Ir/c1-6-8-10-12-14-20-33-53(34-21-15-13-11-9-7-2)44-27-18-16-23-39(44)40-31-29-37(35-45(40)53)46-32-30-38(36-54-46)49-55-50(57-51(56-49)52(3,4)5)43-26-22-25-42-41-24-17-19-28-47(41)58-48(42)43;/h16-19,22-28,30-32,35-36H,6-15,20-21,33-34H2,1-5H3;/q-1;. The first-order valence-electron chi connectivity index (χ1n) is 22.1. The molecule has 3 aromatic heterocycles. The predicted octanol–water partition coefficient (Wildman–Crippen LogP) is 15.0. The van der Waals surface area contributed by atoms with Gasteiger partial charge in [-0.2, -0.15) is 0 Å². The molecule has 1 aliphatic rings. The number of fused-ring (bicyclic) bond motifs is 6. The molecule has 1 radical (unpaired) electrons. The van der Waals surface area contributed by atoms with Gasteiger partial charge in [0.25, 0.3) is 0 Å². The van der Waals surface area contributed by atoms with Crippen molar-refractivity contribution in [1.82, 2.24) is 19.9 Å². The number of hydrogen-bond acceptors (Lipinski definition) is 5. The molecule has 0 atom stereocenters. The number of benzene rings is 4. The molecule has 6 heteroatoms. The van der Waals surface area contributed by atoms with Crippen molar-refractivity contribution in [2.75, 3.05) is 0 Å². The van der Waals surface area contributed by atoms with Crippen LogP contribution in [0.15, 0.2) is 102 Å². The summed E-state index contributed by atoms with van der Waals surface area (Å²) in [6, 6.07) is 36.1. The number of rotatable bonds is 17. The molecular weight excluding hydrogens is 901 g/mol. The minimum atomic E-state index is -0.296. The number of para-hydroxylation sites is 2. The summed E-state index contributed by atoms with van der Waals surface area (Å²) in [6.45, 7) is 11.0. The topological polar surface area (TPSA) is 64.7 Å². The van der Waals surface area contributed by atoms with Gasteiger partial charge in [-0.3, -0.25) is 0 Å². The first-order valence-corrected chi connectivity index (χ1v) is 22.1. The van der Waals surface area contributed by atoms with Crippen LogP contribution in [0.1, 0.15) is 141 Å². The quantitative estimate of drug-likeness (QED) is 0.0672. The Balaban J connectivity index is 0.00000528. The molecule has 307 valence electrons. The first-order chi connectivity index (χ1) is 28.3. The average molecular weight is 960 g/mol. The third kappa shape index (κ3) is 8.86. The van der Waals surface area contributed by atoms with Gasteiger partial charge in [-0.15, -0.1) is 29.3 Å². The van der Waals surface area contributed by atoms with Crippen molar-refractivity contribution in [3.05, 3.63) is 120 Å². The molecular formula is C53H59IrN4O-. The number of aromatic nitrogens is 4. The smallest absolute Gasteiger partial charge is 0.167 e. The maximum Gasteiger partial charge on any atom is 0.167 e. The Labute approximate surface area is 365 Å². The van der Waals surface area contributed by atoms with E-state index in [4.69, 9.17) is 24.4 Å². The third-order valence-corrected chi connectivity index (χ3v) is 12.4. The van der Waals surface area contributed by atoms with Gasteiger partial charge in [0.2, 0.25) is 0 Å². The van der Waals surface area contributed by atoms with Crippen molar-refractivity contribution in [2.24, 2.45) is 0 Å². The second kappa shape index (κ2) is 18.8. The number of pyridine rings is 1. The largest absolute Gasteiger partial charge is 0.455 e. The van der Waals surface area contributed by atoms with Gasteiger partial charge in [-0.05, 0) is 36.2 Å². The molecule has 1 aliphatic carbocycles. The first kappa shape index (κ1) is 42.6. The van der Waals surface area contributed by atoms with Gasteiger partial charge >= 0.3 is 0 Å². The summed E-state index contributed by atoms with van der Waals surface area (Å²) in [5, 5.41) is 2.13. The van der Waals surface area contributed by atoms with E-state index in [1.165, 1.54) is 112 Å². The third-order valence-electron chi connectivity index (χ3n) is 12.4. The van der Waals surface area contributed by atoms with E-state index in [0.29, 0.717) is 11.6 Å². The fourth-order valence-corrected chi connectivity index (χ4v) is 9.19. The molecule has 8 rings (SSSR count). The van der Waals surface area contributed by atoms with Crippen LogP contribution in [-0.2, 0) is 30.9 Å². The van der Waals surface area contributed by atoms with Crippen LogP contribution in [0, 0.1) is 6.07 Å². The van der Waals surface area contributed by atoms with Gasteiger partial charge in [0, 0.05) is 53.5 Å². The molecule has 0 spiro atoms. The van der Waals surface area contributed by atoms with Crippen LogP contribution in [-0.4, -0.2) is 19.9 Å². The Kier molecular flexibility index (Phi) is 13.6. The molecule has 0 fully saturated rings. The molecule has 0 unspecified atom stereocenters. The zero-order valence-electron chi connectivity index (χ0n) is 35.7.